The first-order valence-corrected chi connectivity index (χ1v) is 8.35. The number of hydrogen-bond donors (Lipinski definition) is 0. The third-order valence-corrected chi connectivity index (χ3v) is 4.82. The Kier molecular flexibility index (Phi) is 4.02. The van der Waals surface area contributed by atoms with E-state index in [4.69, 9.17) is 4.74 Å². The van der Waals surface area contributed by atoms with Crippen LogP contribution in [0.3, 0.4) is 0 Å². The Bertz CT molecular complexity index is 677. The van der Waals surface area contributed by atoms with Crippen LogP contribution in [0.4, 0.5) is 0 Å². The van der Waals surface area contributed by atoms with E-state index in [1.54, 1.807) is 11.8 Å². The summed E-state index contributed by atoms with van der Waals surface area (Å²) < 4.78 is 5.00. The minimum atomic E-state index is -0.211. The summed E-state index contributed by atoms with van der Waals surface area (Å²) in [4.78, 5) is 13.2. The van der Waals surface area contributed by atoms with Crippen LogP contribution in [0.25, 0.3) is 11.1 Å². The van der Waals surface area contributed by atoms with Crippen LogP contribution >= 0.6 is 11.8 Å². The summed E-state index contributed by atoms with van der Waals surface area (Å²) in [6, 6.07) is 12.6. The summed E-state index contributed by atoms with van der Waals surface area (Å²) in [5.41, 5.74) is 5.77. The monoisotopic (exact) mass is 298 g/mol. The number of carbonyl (C=O) groups excluding carboxylic acids is 1. The number of fused-ring (bicyclic) bond motifs is 1. The summed E-state index contributed by atoms with van der Waals surface area (Å²) in [6.45, 7) is 0. The molecule has 3 heteroatoms. The Morgan fingerprint density at radius 3 is 2.52 bits per heavy atom. The van der Waals surface area contributed by atoms with Gasteiger partial charge in [-0.15, -0.1) is 11.8 Å². The first-order chi connectivity index (χ1) is 10.3. The molecule has 0 bridgehead atoms. The van der Waals surface area contributed by atoms with Crippen molar-refractivity contribution < 1.29 is 9.53 Å². The molecule has 0 N–H and O–H groups in total. The van der Waals surface area contributed by atoms with E-state index >= 15 is 0 Å². The predicted octanol–water partition coefficient (Wildman–Crippen LogP) is 4.35. The van der Waals surface area contributed by atoms with E-state index in [0.717, 1.165) is 29.7 Å². The van der Waals surface area contributed by atoms with Crippen LogP contribution in [0.1, 0.15) is 27.9 Å². The van der Waals surface area contributed by atoms with Crippen molar-refractivity contribution in [3.63, 3.8) is 0 Å². The molecule has 3 rings (SSSR count). The van der Waals surface area contributed by atoms with Crippen molar-refractivity contribution in [2.45, 2.75) is 24.2 Å². The van der Waals surface area contributed by atoms with Crippen molar-refractivity contribution in [3.8, 4) is 11.1 Å². The average molecular weight is 298 g/mol. The molecule has 0 radical (unpaired) electrons. The van der Waals surface area contributed by atoms with Gasteiger partial charge < -0.3 is 4.74 Å². The molecule has 108 valence electrons. The van der Waals surface area contributed by atoms with Crippen LogP contribution in [0.15, 0.2) is 41.3 Å². The summed E-state index contributed by atoms with van der Waals surface area (Å²) in [6.07, 6.45) is 5.13. The number of hydrogen-bond acceptors (Lipinski definition) is 3. The molecule has 1 aliphatic rings. The van der Waals surface area contributed by atoms with Crippen LogP contribution in [0.5, 0.6) is 0 Å². The number of thioether (sulfide) groups is 1. The van der Waals surface area contributed by atoms with Crippen molar-refractivity contribution in [3.05, 3.63) is 53.1 Å². The van der Waals surface area contributed by atoms with E-state index in [0.29, 0.717) is 0 Å². The molecule has 2 aromatic carbocycles. The third kappa shape index (κ3) is 2.46. The van der Waals surface area contributed by atoms with Crippen LogP contribution in [-0.2, 0) is 17.6 Å². The van der Waals surface area contributed by atoms with Crippen molar-refractivity contribution in [2.75, 3.05) is 13.4 Å². The number of benzene rings is 2. The maximum absolute atomic E-state index is 12.2. The average Bonchev–Trinajstić information content (AvgIpc) is 3.02. The van der Waals surface area contributed by atoms with E-state index in [1.165, 1.54) is 29.4 Å². The fourth-order valence-electron chi connectivity index (χ4n) is 3.12. The number of carbonyl (C=O) groups is 1. The van der Waals surface area contributed by atoms with E-state index < -0.39 is 0 Å². The first kappa shape index (κ1) is 14.2. The van der Waals surface area contributed by atoms with E-state index in [2.05, 4.69) is 30.3 Å². The highest BCUT2D eigenvalue weighted by Gasteiger charge is 2.26. The molecule has 21 heavy (non-hydrogen) atoms. The molecular weight excluding hydrogens is 280 g/mol. The van der Waals surface area contributed by atoms with Gasteiger partial charge in [0.1, 0.15) is 0 Å². The Balaban J connectivity index is 2.25. The Hall–Kier alpha value is -1.74. The molecule has 0 fully saturated rings. The Labute approximate surface area is 129 Å². The SMILES string of the molecule is COC(=O)c1c(SC)cc(-c2ccccc2)c2c1CCC2. The van der Waals surface area contributed by atoms with Crippen LogP contribution in [0.2, 0.25) is 0 Å². The second-order valence-corrected chi connectivity index (χ2v) is 6.02. The van der Waals surface area contributed by atoms with Crippen molar-refractivity contribution >= 4 is 17.7 Å². The molecule has 0 aromatic heterocycles. The number of ether oxygens (including phenoxy) is 1. The fraction of sp³-hybridized carbons (Fsp3) is 0.278. The second kappa shape index (κ2) is 5.94. The topological polar surface area (TPSA) is 26.3 Å². The normalized spacial score (nSPS) is 13.0. The van der Waals surface area contributed by atoms with Crippen LogP contribution < -0.4 is 0 Å². The molecule has 0 saturated heterocycles. The van der Waals surface area contributed by atoms with Gasteiger partial charge in [0.05, 0.1) is 12.7 Å². The second-order valence-electron chi connectivity index (χ2n) is 5.17. The lowest BCUT2D eigenvalue weighted by Crippen LogP contribution is -2.08. The van der Waals surface area contributed by atoms with Gasteiger partial charge in [0.2, 0.25) is 0 Å². The van der Waals surface area contributed by atoms with Crippen LogP contribution in [0, 0.1) is 0 Å². The van der Waals surface area contributed by atoms with Crippen molar-refractivity contribution in [2.24, 2.45) is 0 Å². The largest absolute Gasteiger partial charge is 0.465 e. The van der Waals surface area contributed by atoms with Gasteiger partial charge in [-0.2, -0.15) is 0 Å². The maximum Gasteiger partial charge on any atom is 0.339 e. The molecule has 0 unspecified atom stereocenters. The highest BCUT2D eigenvalue weighted by molar-refractivity contribution is 7.98. The van der Waals surface area contributed by atoms with Crippen molar-refractivity contribution in [1.29, 1.82) is 0 Å². The molecular formula is C18H18O2S. The highest BCUT2D eigenvalue weighted by Crippen LogP contribution is 2.39. The lowest BCUT2D eigenvalue weighted by atomic mass is 9.93. The van der Waals surface area contributed by atoms with Gasteiger partial charge in [-0.3, -0.25) is 0 Å². The first-order valence-electron chi connectivity index (χ1n) is 7.12. The molecule has 0 amide bonds. The maximum atomic E-state index is 12.2. The molecule has 1 aliphatic carbocycles. The minimum absolute atomic E-state index is 0.211. The summed E-state index contributed by atoms with van der Waals surface area (Å²) in [7, 11) is 1.46. The molecule has 0 saturated carbocycles. The molecule has 2 nitrogen and oxygen atoms in total. The van der Waals surface area contributed by atoms with E-state index in [9.17, 15) is 4.79 Å². The summed E-state index contributed by atoms with van der Waals surface area (Å²) in [5, 5.41) is 0. The number of methoxy groups -OCH3 is 1. The number of esters is 1. The van der Waals surface area contributed by atoms with Crippen molar-refractivity contribution in [1.82, 2.24) is 0 Å². The predicted molar refractivity (Wildman–Crippen MR) is 87.0 cm³/mol. The summed E-state index contributed by atoms with van der Waals surface area (Å²) >= 11 is 1.61. The van der Waals surface area contributed by atoms with Gasteiger partial charge in [-0.05, 0) is 53.8 Å². The zero-order valence-electron chi connectivity index (χ0n) is 12.3. The van der Waals surface area contributed by atoms with Crippen LogP contribution in [-0.4, -0.2) is 19.3 Å². The lowest BCUT2D eigenvalue weighted by molar-refractivity contribution is 0.0595. The zero-order valence-corrected chi connectivity index (χ0v) is 13.1. The standard InChI is InChI=1S/C18H18O2S/c1-20-18(19)17-14-10-6-9-13(14)15(11-16(17)21-2)12-7-4-3-5-8-12/h3-5,7-8,11H,6,9-10H2,1-2H3. The van der Waals surface area contributed by atoms with Gasteiger partial charge in [0.25, 0.3) is 0 Å². The molecule has 0 spiro atoms. The summed E-state index contributed by atoms with van der Waals surface area (Å²) in [5.74, 6) is -0.211. The zero-order chi connectivity index (χ0) is 14.8. The van der Waals surface area contributed by atoms with Gasteiger partial charge in [0.15, 0.2) is 0 Å². The number of rotatable bonds is 3. The van der Waals surface area contributed by atoms with Gasteiger partial charge in [0, 0.05) is 4.90 Å². The molecule has 0 heterocycles. The van der Waals surface area contributed by atoms with E-state index in [-0.39, 0.29) is 5.97 Å². The fourth-order valence-corrected chi connectivity index (χ4v) is 3.76. The smallest absolute Gasteiger partial charge is 0.339 e. The minimum Gasteiger partial charge on any atom is -0.465 e. The van der Waals surface area contributed by atoms with Gasteiger partial charge in [-0.25, -0.2) is 4.79 Å². The van der Waals surface area contributed by atoms with E-state index in [1.807, 2.05) is 12.3 Å². The molecule has 0 atom stereocenters. The van der Waals surface area contributed by atoms with Gasteiger partial charge in [-0.1, -0.05) is 30.3 Å². The van der Waals surface area contributed by atoms with Gasteiger partial charge >= 0.3 is 5.97 Å². The molecule has 0 aliphatic heterocycles. The quantitative estimate of drug-likeness (QED) is 0.622. The molecule has 2 aromatic rings. The Morgan fingerprint density at radius 1 is 1.14 bits per heavy atom. The Morgan fingerprint density at radius 2 is 1.86 bits per heavy atom. The lowest BCUT2D eigenvalue weighted by Gasteiger charge is -2.16. The third-order valence-electron chi connectivity index (χ3n) is 4.06. The highest BCUT2D eigenvalue weighted by atomic mass is 32.2.